The van der Waals surface area contributed by atoms with E-state index in [-0.39, 0.29) is 0 Å². The predicted octanol–water partition coefficient (Wildman–Crippen LogP) is 5.20. The summed E-state index contributed by atoms with van der Waals surface area (Å²) < 4.78 is 67.7. The lowest BCUT2D eigenvalue weighted by Gasteiger charge is -2.38. The van der Waals surface area contributed by atoms with E-state index in [1.165, 1.54) is 7.11 Å². The van der Waals surface area contributed by atoms with Crippen molar-refractivity contribution in [2.24, 2.45) is 0 Å². The van der Waals surface area contributed by atoms with Gasteiger partial charge in [-0.05, 0) is 28.3 Å². The van der Waals surface area contributed by atoms with Gasteiger partial charge in [0.1, 0.15) is 13.8 Å². The Bertz CT molecular complexity index is 847. The summed E-state index contributed by atoms with van der Waals surface area (Å²) in [6, 6.07) is 4.81. The average molecular weight is 450 g/mol. The number of alkyl halides is 3. The topological polar surface area (TPSA) is 55.4 Å². The van der Waals surface area contributed by atoms with E-state index in [2.05, 4.69) is 53.0 Å². The van der Waals surface area contributed by atoms with Gasteiger partial charge in [-0.2, -0.15) is 13.2 Å². The third-order valence-electron chi connectivity index (χ3n) is 5.36. The van der Waals surface area contributed by atoms with Crippen LogP contribution in [-0.2, 0) is 16.6 Å². The van der Waals surface area contributed by atoms with E-state index < -0.39 is 30.2 Å². The molecule has 0 radical (unpaired) electrons. The van der Waals surface area contributed by atoms with Gasteiger partial charge in [0.15, 0.2) is 0 Å². The molecule has 1 aromatic carbocycles. The van der Waals surface area contributed by atoms with Crippen molar-refractivity contribution in [3.05, 3.63) is 29.3 Å². The SMILES string of the molecule is COc1cccc(CNS(=O)(=O)C(F)(F)F)c1C#C[Si](C(C)C)(C(C)C)C(C)C. The fourth-order valence-corrected chi connectivity index (χ4v) is 9.61. The van der Waals surface area contributed by atoms with Crippen LogP contribution in [0.2, 0.25) is 16.6 Å². The third kappa shape index (κ3) is 5.56. The largest absolute Gasteiger partial charge is 0.511 e. The van der Waals surface area contributed by atoms with E-state index in [4.69, 9.17) is 4.74 Å². The second-order valence-electron chi connectivity index (χ2n) is 7.91. The van der Waals surface area contributed by atoms with Gasteiger partial charge >= 0.3 is 15.5 Å². The number of benzene rings is 1. The summed E-state index contributed by atoms with van der Waals surface area (Å²) in [5.41, 5.74) is 0.000195. The van der Waals surface area contributed by atoms with E-state index in [9.17, 15) is 21.6 Å². The first-order valence-electron chi connectivity index (χ1n) is 9.45. The minimum Gasteiger partial charge on any atom is -0.495 e. The molecule has 0 fully saturated rings. The number of halogens is 3. The van der Waals surface area contributed by atoms with Gasteiger partial charge in [0, 0.05) is 6.54 Å². The first-order valence-corrected chi connectivity index (χ1v) is 13.2. The molecule has 1 N–H and O–H groups in total. The zero-order valence-electron chi connectivity index (χ0n) is 17.9. The van der Waals surface area contributed by atoms with Gasteiger partial charge in [-0.25, -0.2) is 13.1 Å². The van der Waals surface area contributed by atoms with Crippen molar-refractivity contribution in [3.8, 4) is 17.2 Å². The van der Waals surface area contributed by atoms with Crippen LogP contribution in [0, 0.1) is 11.5 Å². The van der Waals surface area contributed by atoms with Crippen LogP contribution in [0.3, 0.4) is 0 Å². The Hall–Kier alpha value is -1.50. The Morgan fingerprint density at radius 2 is 1.59 bits per heavy atom. The lowest BCUT2D eigenvalue weighted by molar-refractivity contribution is -0.0448. The summed E-state index contributed by atoms with van der Waals surface area (Å²) in [4.78, 5) is 0. The van der Waals surface area contributed by atoms with Crippen LogP contribution in [0.25, 0.3) is 0 Å². The maximum atomic E-state index is 12.7. The average Bonchev–Trinajstić information content (AvgIpc) is 2.58. The Morgan fingerprint density at radius 3 is 2.00 bits per heavy atom. The lowest BCUT2D eigenvalue weighted by atomic mass is 10.1. The summed E-state index contributed by atoms with van der Waals surface area (Å²) in [6.07, 6.45) is 0. The molecule has 0 aromatic heterocycles. The number of ether oxygens (including phenoxy) is 1. The Kier molecular flexibility index (Phi) is 8.40. The molecule has 9 heteroatoms. The molecular weight excluding hydrogens is 419 g/mol. The molecule has 164 valence electrons. The van der Waals surface area contributed by atoms with E-state index in [0.29, 0.717) is 33.5 Å². The molecule has 0 saturated carbocycles. The summed E-state index contributed by atoms with van der Waals surface area (Å²) in [6.45, 7) is 12.4. The summed E-state index contributed by atoms with van der Waals surface area (Å²) >= 11 is 0. The van der Waals surface area contributed by atoms with Crippen molar-refractivity contribution in [1.82, 2.24) is 4.72 Å². The molecule has 4 nitrogen and oxygen atoms in total. The number of hydrogen-bond donors (Lipinski definition) is 1. The summed E-state index contributed by atoms with van der Waals surface area (Å²) in [7, 11) is -6.09. The van der Waals surface area contributed by atoms with Crippen molar-refractivity contribution < 1.29 is 26.3 Å². The minimum absolute atomic E-state index is 0.337. The zero-order chi connectivity index (χ0) is 22.6. The monoisotopic (exact) mass is 449 g/mol. The van der Waals surface area contributed by atoms with Crippen LogP contribution in [0.15, 0.2) is 18.2 Å². The number of hydrogen-bond acceptors (Lipinski definition) is 3. The fraction of sp³-hybridized carbons (Fsp3) is 0.600. The Balaban J connectivity index is 3.49. The Labute approximate surface area is 173 Å². The van der Waals surface area contributed by atoms with Crippen molar-refractivity contribution in [1.29, 1.82) is 0 Å². The van der Waals surface area contributed by atoms with E-state index in [1.807, 2.05) is 0 Å². The first-order chi connectivity index (χ1) is 13.2. The fourth-order valence-electron chi connectivity index (χ4n) is 3.89. The van der Waals surface area contributed by atoms with Gasteiger partial charge < -0.3 is 4.74 Å². The van der Waals surface area contributed by atoms with E-state index >= 15 is 0 Å². The highest BCUT2D eigenvalue weighted by Gasteiger charge is 2.45. The molecule has 0 aliphatic heterocycles. The standard InChI is InChI=1S/C20H30F3NO3SSi/c1-14(2)29(15(3)4,16(5)6)12-11-18-17(9-8-10-19(18)27-7)13-24-28(25,26)20(21,22)23/h8-10,14-16,24H,13H2,1-7H3. The lowest BCUT2D eigenvalue weighted by Crippen LogP contribution is -2.43. The maximum absolute atomic E-state index is 12.7. The predicted molar refractivity (Wildman–Crippen MR) is 113 cm³/mol. The zero-order valence-corrected chi connectivity index (χ0v) is 19.8. The molecule has 0 atom stereocenters. The molecule has 0 aliphatic rings. The normalized spacial score (nSPS) is 13.0. The van der Waals surface area contributed by atoms with Crippen molar-refractivity contribution in [2.75, 3.05) is 7.11 Å². The van der Waals surface area contributed by atoms with Gasteiger partial charge in [0.05, 0.1) is 12.7 Å². The highest BCUT2D eigenvalue weighted by molar-refractivity contribution is 7.90. The maximum Gasteiger partial charge on any atom is 0.511 e. The minimum atomic E-state index is -5.45. The summed E-state index contributed by atoms with van der Waals surface area (Å²) in [5, 5.41) is 0. The van der Waals surface area contributed by atoms with Gasteiger partial charge in [-0.15, -0.1) is 5.54 Å². The molecule has 29 heavy (non-hydrogen) atoms. The van der Waals surface area contributed by atoms with Crippen molar-refractivity contribution in [3.63, 3.8) is 0 Å². The van der Waals surface area contributed by atoms with Gasteiger partial charge in [-0.3, -0.25) is 0 Å². The highest BCUT2D eigenvalue weighted by Crippen LogP contribution is 2.41. The number of nitrogens with one attached hydrogen (secondary N) is 1. The van der Waals surface area contributed by atoms with Crippen LogP contribution in [0.1, 0.15) is 52.7 Å². The third-order valence-corrected chi connectivity index (χ3v) is 12.8. The molecule has 1 aromatic rings. The van der Waals surface area contributed by atoms with Crippen LogP contribution in [0.5, 0.6) is 5.75 Å². The molecule has 0 amide bonds. The van der Waals surface area contributed by atoms with Crippen molar-refractivity contribution >= 4 is 18.1 Å². The molecular formula is C20H30F3NO3SSi. The van der Waals surface area contributed by atoms with Gasteiger partial charge in [0.25, 0.3) is 0 Å². The molecule has 0 spiro atoms. The smallest absolute Gasteiger partial charge is 0.495 e. The van der Waals surface area contributed by atoms with Gasteiger partial charge in [-0.1, -0.05) is 59.6 Å². The number of methoxy groups -OCH3 is 1. The van der Waals surface area contributed by atoms with Crippen LogP contribution in [-0.4, -0.2) is 29.1 Å². The second-order valence-corrected chi connectivity index (χ2v) is 15.3. The highest BCUT2D eigenvalue weighted by atomic mass is 32.2. The van der Waals surface area contributed by atoms with Crippen molar-refractivity contribution in [2.45, 2.75) is 70.2 Å². The van der Waals surface area contributed by atoms with E-state index in [0.717, 1.165) is 0 Å². The van der Waals surface area contributed by atoms with Crippen LogP contribution >= 0.6 is 0 Å². The Morgan fingerprint density at radius 1 is 1.07 bits per heavy atom. The first kappa shape index (κ1) is 25.5. The molecule has 0 saturated heterocycles. The van der Waals surface area contributed by atoms with Crippen LogP contribution < -0.4 is 9.46 Å². The van der Waals surface area contributed by atoms with E-state index in [1.54, 1.807) is 22.9 Å². The number of sulfonamides is 1. The second kappa shape index (κ2) is 9.54. The summed E-state index contributed by atoms with van der Waals surface area (Å²) in [5.74, 6) is 3.57. The van der Waals surface area contributed by atoms with Gasteiger partial charge in [0.2, 0.25) is 0 Å². The molecule has 0 heterocycles. The number of rotatable bonds is 7. The molecule has 0 bridgehead atoms. The molecule has 0 aliphatic carbocycles. The van der Waals surface area contributed by atoms with Crippen LogP contribution in [0.4, 0.5) is 13.2 Å². The molecule has 1 rings (SSSR count). The molecule has 0 unspecified atom stereocenters. The quantitative estimate of drug-likeness (QED) is 0.460.